The molecule has 21 heavy (non-hydrogen) atoms. The molecule has 0 fully saturated rings. The van der Waals surface area contributed by atoms with Gasteiger partial charge < -0.3 is 10.6 Å². The van der Waals surface area contributed by atoms with Gasteiger partial charge >= 0.3 is 5.69 Å². The topological polar surface area (TPSA) is 85.3 Å². The van der Waals surface area contributed by atoms with Crippen LogP contribution >= 0.6 is 0 Å². The third-order valence-electron chi connectivity index (χ3n) is 3.69. The number of fused-ring (bicyclic) bond motifs is 1. The molecule has 0 spiro atoms. The zero-order valence-corrected chi connectivity index (χ0v) is 11.5. The van der Waals surface area contributed by atoms with Gasteiger partial charge in [0.25, 0.3) is 0 Å². The first-order valence-electron chi connectivity index (χ1n) is 6.93. The summed E-state index contributed by atoms with van der Waals surface area (Å²) in [5, 5.41) is 11.3. The van der Waals surface area contributed by atoms with Gasteiger partial charge in [-0.2, -0.15) is 0 Å². The van der Waals surface area contributed by atoms with E-state index >= 15 is 0 Å². The van der Waals surface area contributed by atoms with E-state index in [0.29, 0.717) is 12.4 Å². The van der Waals surface area contributed by atoms with Crippen LogP contribution in [0.3, 0.4) is 0 Å². The number of para-hydroxylation sites is 1. The van der Waals surface area contributed by atoms with Crippen molar-refractivity contribution in [2.45, 2.75) is 19.3 Å². The van der Waals surface area contributed by atoms with E-state index in [1.54, 1.807) is 0 Å². The molecule has 1 aliphatic rings. The number of aryl methyl sites for hydroxylation is 1. The van der Waals surface area contributed by atoms with Crippen molar-refractivity contribution in [2.75, 3.05) is 17.2 Å². The summed E-state index contributed by atoms with van der Waals surface area (Å²) >= 11 is 0. The molecule has 2 N–H and O–H groups in total. The first kappa shape index (κ1) is 13.4. The lowest BCUT2D eigenvalue weighted by Gasteiger charge is -2.23. The minimum Gasteiger partial charge on any atom is -0.384 e. The Balaban J connectivity index is 2.16. The molecule has 0 amide bonds. The lowest BCUT2D eigenvalue weighted by atomic mass is 10.1. The fourth-order valence-corrected chi connectivity index (χ4v) is 2.71. The van der Waals surface area contributed by atoms with Crippen LogP contribution in [0.15, 0.2) is 36.4 Å². The van der Waals surface area contributed by atoms with Gasteiger partial charge in [0.2, 0.25) is 5.82 Å². The summed E-state index contributed by atoms with van der Waals surface area (Å²) < 4.78 is 0. The van der Waals surface area contributed by atoms with E-state index in [-0.39, 0.29) is 11.5 Å². The number of benzene rings is 1. The van der Waals surface area contributed by atoms with Gasteiger partial charge in [-0.3, -0.25) is 10.1 Å². The number of hydrogen-bond donors (Lipinski definition) is 1. The van der Waals surface area contributed by atoms with Crippen molar-refractivity contribution in [3.63, 3.8) is 0 Å². The van der Waals surface area contributed by atoms with Crippen LogP contribution in [0.4, 0.5) is 23.0 Å². The normalized spacial score (nSPS) is 14.4. The van der Waals surface area contributed by atoms with Crippen molar-refractivity contribution in [1.82, 2.24) is 4.98 Å². The summed E-state index contributed by atoms with van der Waals surface area (Å²) in [5.41, 5.74) is 7.89. The highest BCUT2D eigenvalue weighted by Gasteiger charge is 2.25. The molecule has 108 valence electrons. The number of aromatic nitrogens is 1. The van der Waals surface area contributed by atoms with Crippen molar-refractivity contribution >= 4 is 23.0 Å². The molecule has 1 aromatic carbocycles. The molecule has 2 aromatic rings. The van der Waals surface area contributed by atoms with Crippen LogP contribution in [0.1, 0.15) is 18.4 Å². The summed E-state index contributed by atoms with van der Waals surface area (Å²) in [4.78, 5) is 17.0. The summed E-state index contributed by atoms with van der Waals surface area (Å²) in [7, 11) is 0. The van der Waals surface area contributed by atoms with E-state index in [0.717, 1.165) is 24.9 Å². The van der Waals surface area contributed by atoms with Crippen molar-refractivity contribution in [3.8, 4) is 0 Å². The molecular formula is C15H16N4O2. The van der Waals surface area contributed by atoms with Gasteiger partial charge in [-0.25, -0.2) is 4.98 Å². The SMILES string of the molecule is Nc1ccc([N+](=O)[O-])c(N2CCCCc3ccccc32)n1. The summed E-state index contributed by atoms with van der Waals surface area (Å²) in [5.74, 6) is 0.617. The Bertz CT molecular complexity index is 687. The average Bonchev–Trinajstić information content (AvgIpc) is 2.69. The van der Waals surface area contributed by atoms with E-state index < -0.39 is 4.92 Å². The fraction of sp³-hybridized carbons (Fsp3) is 0.267. The number of pyridine rings is 1. The monoisotopic (exact) mass is 284 g/mol. The maximum absolute atomic E-state index is 11.3. The Labute approximate surface area is 122 Å². The van der Waals surface area contributed by atoms with Gasteiger partial charge in [0.1, 0.15) is 5.82 Å². The van der Waals surface area contributed by atoms with Gasteiger partial charge in [0.15, 0.2) is 0 Å². The lowest BCUT2D eigenvalue weighted by molar-refractivity contribution is -0.384. The van der Waals surface area contributed by atoms with Gasteiger partial charge in [-0.05, 0) is 37.0 Å². The Kier molecular flexibility index (Phi) is 3.43. The number of nitrogen functional groups attached to an aromatic ring is 1. The second-order valence-corrected chi connectivity index (χ2v) is 5.07. The van der Waals surface area contributed by atoms with E-state index in [1.165, 1.54) is 17.7 Å². The Morgan fingerprint density at radius 1 is 1.19 bits per heavy atom. The average molecular weight is 284 g/mol. The highest BCUT2D eigenvalue weighted by atomic mass is 16.6. The van der Waals surface area contributed by atoms with E-state index in [9.17, 15) is 10.1 Å². The lowest BCUT2D eigenvalue weighted by Crippen LogP contribution is -2.20. The Hall–Kier alpha value is -2.63. The highest BCUT2D eigenvalue weighted by molar-refractivity contribution is 5.72. The van der Waals surface area contributed by atoms with E-state index in [2.05, 4.69) is 11.1 Å². The van der Waals surface area contributed by atoms with Crippen LogP contribution in [0.25, 0.3) is 0 Å². The second kappa shape index (κ2) is 5.40. The van der Waals surface area contributed by atoms with Crippen molar-refractivity contribution < 1.29 is 4.92 Å². The van der Waals surface area contributed by atoms with Crippen LogP contribution in [-0.4, -0.2) is 16.5 Å². The molecule has 0 radical (unpaired) electrons. The van der Waals surface area contributed by atoms with Gasteiger partial charge in [-0.1, -0.05) is 18.2 Å². The summed E-state index contributed by atoms with van der Waals surface area (Å²) in [6, 6.07) is 10.9. The summed E-state index contributed by atoms with van der Waals surface area (Å²) in [6.07, 6.45) is 2.99. The van der Waals surface area contributed by atoms with Crippen LogP contribution in [-0.2, 0) is 6.42 Å². The predicted octanol–water partition coefficient (Wildman–Crippen LogP) is 3.05. The number of nitrogens with zero attached hydrogens (tertiary/aromatic N) is 3. The number of hydrogen-bond acceptors (Lipinski definition) is 5. The first-order chi connectivity index (χ1) is 10.2. The first-order valence-corrected chi connectivity index (χ1v) is 6.93. The van der Waals surface area contributed by atoms with Crippen LogP contribution in [0, 0.1) is 10.1 Å². The number of nitrogens with two attached hydrogens (primary N) is 1. The number of nitro groups is 1. The number of anilines is 3. The zero-order valence-electron chi connectivity index (χ0n) is 11.5. The van der Waals surface area contributed by atoms with Crippen molar-refractivity contribution in [1.29, 1.82) is 0 Å². The van der Waals surface area contributed by atoms with Crippen LogP contribution < -0.4 is 10.6 Å². The molecule has 6 nitrogen and oxygen atoms in total. The zero-order chi connectivity index (χ0) is 14.8. The number of rotatable bonds is 2. The van der Waals surface area contributed by atoms with Crippen LogP contribution in [0.2, 0.25) is 0 Å². The minimum atomic E-state index is -0.407. The van der Waals surface area contributed by atoms with Crippen LogP contribution in [0.5, 0.6) is 0 Å². The molecule has 1 aliphatic heterocycles. The second-order valence-electron chi connectivity index (χ2n) is 5.07. The quantitative estimate of drug-likeness (QED) is 0.676. The fourth-order valence-electron chi connectivity index (χ4n) is 2.71. The molecule has 2 heterocycles. The maximum Gasteiger partial charge on any atom is 0.312 e. The standard InChI is InChI=1S/C15H16N4O2/c16-14-9-8-13(19(20)21)15(17-14)18-10-4-3-6-11-5-1-2-7-12(11)18/h1-2,5,7-9H,3-4,6,10H2,(H2,16,17). The smallest absolute Gasteiger partial charge is 0.312 e. The molecule has 0 saturated heterocycles. The molecule has 6 heteroatoms. The molecule has 0 aliphatic carbocycles. The maximum atomic E-state index is 11.3. The minimum absolute atomic E-state index is 0.0131. The van der Waals surface area contributed by atoms with Crippen molar-refractivity contribution in [3.05, 3.63) is 52.1 Å². The third kappa shape index (κ3) is 2.52. The molecule has 0 saturated carbocycles. The molecule has 0 unspecified atom stereocenters. The van der Waals surface area contributed by atoms with E-state index in [4.69, 9.17) is 5.73 Å². The Morgan fingerprint density at radius 2 is 2.00 bits per heavy atom. The highest BCUT2D eigenvalue weighted by Crippen LogP contribution is 2.36. The molecule has 0 atom stereocenters. The van der Waals surface area contributed by atoms with Crippen molar-refractivity contribution in [2.24, 2.45) is 0 Å². The molecule has 3 rings (SSSR count). The molecule has 1 aromatic heterocycles. The third-order valence-corrected chi connectivity index (χ3v) is 3.69. The van der Waals surface area contributed by atoms with Gasteiger partial charge in [-0.15, -0.1) is 0 Å². The summed E-state index contributed by atoms with van der Waals surface area (Å²) in [6.45, 7) is 0.703. The molecular weight excluding hydrogens is 268 g/mol. The molecule has 0 bridgehead atoms. The van der Waals surface area contributed by atoms with Gasteiger partial charge in [0.05, 0.1) is 4.92 Å². The predicted molar refractivity (Wildman–Crippen MR) is 81.7 cm³/mol. The Morgan fingerprint density at radius 3 is 2.81 bits per heavy atom. The van der Waals surface area contributed by atoms with Gasteiger partial charge in [0, 0.05) is 18.3 Å². The van der Waals surface area contributed by atoms with E-state index in [1.807, 2.05) is 23.1 Å². The largest absolute Gasteiger partial charge is 0.384 e.